The van der Waals surface area contributed by atoms with Crippen LogP contribution >= 0.6 is 22.5 Å². The molecule has 0 aromatic carbocycles. The molecular formula is C20H40S2. The lowest BCUT2D eigenvalue weighted by Crippen LogP contribution is -1.97. The zero-order chi connectivity index (χ0) is 16.3. The highest BCUT2D eigenvalue weighted by Gasteiger charge is 2.03. The summed E-state index contributed by atoms with van der Waals surface area (Å²) in [6.45, 7) is 4.55. The lowest BCUT2D eigenvalue weighted by molar-refractivity contribution is 0.584. The van der Waals surface area contributed by atoms with E-state index in [-0.39, 0.29) is 0 Å². The van der Waals surface area contributed by atoms with Gasteiger partial charge in [-0.25, -0.2) is 0 Å². The van der Waals surface area contributed by atoms with Crippen molar-refractivity contribution in [2.45, 2.75) is 115 Å². The van der Waals surface area contributed by atoms with Crippen molar-refractivity contribution in [3.8, 4) is 0 Å². The predicted molar refractivity (Wildman–Crippen MR) is 110 cm³/mol. The topological polar surface area (TPSA) is 0 Å². The maximum absolute atomic E-state index is 4.33. The zero-order valence-electron chi connectivity index (χ0n) is 15.2. The van der Waals surface area contributed by atoms with Crippen molar-refractivity contribution in [2.75, 3.05) is 0 Å². The normalized spacial score (nSPS) is 13.0. The molecule has 0 N–H and O–H groups in total. The molecule has 0 aromatic rings. The lowest BCUT2D eigenvalue weighted by Gasteiger charge is -2.09. The average Bonchev–Trinajstić information content (AvgIpc) is 2.55. The third-order valence-corrected chi connectivity index (χ3v) is 6.15. The lowest BCUT2D eigenvalue weighted by atomic mass is 10.1. The van der Waals surface area contributed by atoms with Crippen molar-refractivity contribution in [1.29, 1.82) is 0 Å². The molecule has 1 unspecified atom stereocenters. The van der Waals surface area contributed by atoms with Crippen molar-refractivity contribution < 1.29 is 0 Å². The van der Waals surface area contributed by atoms with Crippen molar-refractivity contribution in [2.24, 2.45) is 0 Å². The first-order valence-corrected chi connectivity index (χ1v) is 11.7. The highest BCUT2D eigenvalue weighted by atomic mass is 33.1. The summed E-state index contributed by atoms with van der Waals surface area (Å²) in [6.07, 6.45) is 25.5. The van der Waals surface area contributed by atoms with Crippen LogP contribution in [-0.4, -0.2) is 5.25 Å². The van der Waals surface area contributed by atoms with Gasteiger partial charge in [0.1, 0.15) is 0 Å². The van der Waals surface area contributed by atoms with Gasteiger partial charge in [0.15, 0.2) is 0 Å². The molecule has 0 amide bonds. The smallest absolute Gasteiger partial charge is 0.0146 e. The van der Waals surface area contributed by atoms with Crippen LogP contribution in [0, 0.1) is 0 Å². The molecule has 0 aliphatic heterocycles. The Morgan fingerprint density at radius 1 is 0.727 bits per heavy atom. The maximum atomic E-state index is 4.33. The largest absolute Gasteiger partial charge is 0.111 e. The molecule has 1 atom stereocenters. The van der Waals surface area contributed by atoms with Crippen LogP contribution in [0.1, 0.15) is 110 Å². The Labute approximate surface area is 150 Å². The second kappa shape index (κ2) is 19.5. The molecule has 0 rings (SSSR count). The van der Waals surface area contributed by atoms with Gasteiger partial charge in [0.05, 0.1) is 0 Å². The number of hydrogen-bond acceptors (Lipinski definition) is 2. The Balaban J connectivity index is 3.14. The molecule has 0 aliphatic rings. The molecule has 22 heavy (non-hydrogen) atoms. The number of hydrogen-bond donors (Lipinski definition) is 1. The van der Waals surface area contributed by atoms with Crippen molar-refractivity contribution >= 4 is 22.5 Å². The summed E-state index contributed by atoms with van der Waals surface area (Å²) in [6, 6.07) is 0. The Kier molecular flexibility index (Phi) is 19.9. The van der Waals surface area contributed by atoms with Gasteiger partial charge >= 0.3 is 0 Å². The van der Waals surface area contributed by atoms with E-state index in [0.717, 1.165) is 5.25 Å². The van der Waals surface area contributed by atoms with E-state index in [1.165, 1.54) is 96.3 Å². The van der Waals surface area contributed by atoms with Crippen LogP contribution in [0.5, 0.6) is 0 Å². The fourth-order valence-electron chi connectivity index (χ4n) is 2.77. The molecule has 0 fully saturated rings. The second-order valence-corrected chi connectivity index (χ2v) is 8.02. The van der Waals surface area contributed by atoms with E-state index in [0.29, 0.717) is 0 Å². The molecule has 0 bridgehead atoms. The third-order valence-electron chi connectivity index (χ3n) is 4.39. The van der Waals surface area contributed by atoms with E-state index in [4.69, 9.17) is 0 Å². The SMILES string of the molecule is CCCCCCCCC=CCCCCCCCC(CC)SS. The van der Waals surface area contributed by atoms with Crippen molar-refractivity contribution in [3.63, 3.8) is 0 Å². The summed E-state index contributed by atoms with van der Waals surface area (Å²) < 4.78 is 0. The van der Waals surface area contributed by atoms with Gasteiger partial charge in [-0.15, -0.1) is 11.7 Å². The Hall–Kier alpha value is 0.440. The minimum atomic E-state index is 0.772. The molecule has 0 spiro atoms. The van der Waals surface area contributed by atoms with Crippen molar-refractivity contribution in [3.05, 3.63) is 12.2 Å². The molecule has 0 saturated heterocycles. The Morgan fingerprint density at radius 2 is 1.23 bits per heavy atom. The summed E-state index contributed by atoms with van der Waals surface area (Å²) in [7, 11) is 1.74. The van der Waals surface area contributed by atoms with E-state index < -0.39 is 0 Å². The molecule has 0 saturated carbocycles. The molecule has 132 valence electrons. The molecule has 0 aliphatic carbocycles. The molecule has 0 heterocycles. The van der Waals surface area contributed by atoms with E-state index in [9.17, 15) is 0 Å². The number of allylic oxidation sites excluding steroid dienone is 2. The maximum Gasteiger partial charge on any atom is 0.0146 e. The summed E-state index contributed by atoms with van der Waals surface area (Å²) in [5.41, 5.74) is 0. The fraction of sp³-hybridized carbons (Fsp3) is 0.900. The monoisotopic (exact) mass is 344 g/mol. The first kappa shape index (κ1) is 22.4. The highest BCUT2D eigenvalue weighted by molar-refractivity contribution is 8.68. The molecule has 0 radical (unpaired) electrons. The number of unbranched alkanes of at least 4 members (excludes halogenated alkanes) is 11. The quantitative estimate of drug-likeness (QED) is 0.120. The first-order chi connectivity index (χ1) is 10.8. The number of rotatable bonds is 17. The molecule has 2 heteroatoms. The summed E-state index contributed by atoms with van der Waals surface area (Å²) in [5, 5.41) is 0.772. The standard InChI is InChI=1S/C20H40S2/c1-3-5-6-7-8-9-10-11-12-13-14-15-16-17-18-19-20(4-2)22-21/h11-12,20-21H,3-10,13-19H2,1-2H3. The van der Waals surface area contributed by atoms with E-state index in [2.05, 4.69) is 37.7 Å². The van der Waals surface area contributed by atoms with Gasteiger partial charge in [-0.1, -0.05) is 94.6 Å². The van der Waals surface area contributed by atoms with Crippen molar-refractivity contribution in [1.82, 2.24) is 0 Å². The summed E-state index contributed by atoms with van der Waals surface area (Å²) >= 11 is 4.33. The van der Waals surface area contributed by atoms with Crippen LogP contribution in [0.4, 0.5) is 0 Å². The van der Waals surface area contributed by atoms with E-state index >= 15 is 0 Å². The fourth-order valence-corrected chi connectivity index (χ4v) is 3.96. The predicted octanol–water partition coefficient (Wildman–Crippen LogP) is 8.38. The van der Waals surface area contributed by atoms with E-state index in [1.54, 1.807) is 10.8 Å². The molecule has 0 nitrogen and oxygen atoms in total. The van der Waals surface area contributed by atoms with Gasteiger partial charge in [0, 0.05) is 5.25 Å². The van der Waals surface area contributed by atoms with Crippen LogP contribution in [0.2, 0.25) is 0 Å². The van der Waals surface area contributed by atoms with Gasteiger partial charge in [-0.05, 0) is 38.5 Å². The average molecular weight is 345 g/mol. The van der Waals surface area contributed by atoms with Gasteiger partial charge in [0.2, 0.25) is 0 Å². The summed E-state index contributed by atoms with van der Waals surface area (Å²) in [5.74, 6) is 0. The minimum absolute atomic E-state index is 0.772. The van der Waals surface area contributed by atoms with Gasteiger partial charge in [-0.3, -0.25) is 0 Å². The Morgan fingerprint density at radius 3 is 1.73 bits per heavy atom. The van der Waals surface area contributed by atoms with Crippen LogP contribution < -0.4 is 0 Å². The number of thiol groups is 1. The van der Waals surface area contributed by atoms with Gasteiger partial charge < -0.3 is 0 Å². The van der Waals surface area contributed by atoms with Crippen LogP contribution in [0.15, 0.2) is 12.2 Å². The van der Waals surface area contributed by atoms with Crippen LogP contribution in [-0.2, 0) is 0 Å². The first-order valence-electron chi connectivity index (χ1n) is 9.80. The van der Waals surface area contributed by atoms with Gasteiger partial charge in [0.25, 0.3) is 0 Å². The van der Waals surface area contributed by atoms with E-state index in [1.807, 2.05) is 0 Å². The third kappa shape index (κ3) is 16.8. The summed E-state index contributed by atoms with van der Waals surface area (Å²) in [4.78, 5) is 0. The van der Waals surface area contributed by atoms with Crippen LogP contribution in [0.25, 0.3) is 0 Å². The highest BCUT2D eigenvalue weighted by Crippen LogP contribution is 2.23. The molecule has 0 aromatic heterocycles. The second-order valence-electron chi connectivity index (χ2n) is 6.51. The zero-order valence-corrected chi connectivity index (χ0v) is 16.9. The van der Waals surface area contributed by atoms with Crippen LogP contribution in [0.3, 0.4) is 0 Å². The minimum Gasteiger partial charge on any atom is -0.111 e. The van der Waals surface area contributed by atoms with Gasteiger partial charge in [-0.2, -0.15) is 0 Å². The molecular weight excluding hydrogens is 304 g/mol. The Bertz CT molecular complexity index is 222.